The summed E-state index contributed by atoms with van der Waals surface area (Å²) in [5, 5.41) is 9.23. The molecule has 0 spiro atoms. The Morgan fingerprint density at radius 3 is 2.11 bits per heavy atom. The van der Waals surface area contributed by atoms with Gasteiger partial charge < -0.3 is 5.11 Å². The number of aliphatic hydroxyl groups excluding tert-OH is 1. The molecule has 2 unspecified atom stereocenters. The zero-order valence-electron chi connectivity index (χ0n) is 11.8. The molecule has 0 aromatic carbocycles. The lowest BCUT2D eigenvalue weighted by Gasteiger charge is -2.38. The molecule has 0 aromatic rings. The maximum absolute atomic E-state index is 12.6. The molecule has 5 nitrogen and oxygen atoms in total. The van der Waals surface area contributed by atoms with E-state index in [1.807, 2.05) is 0 Å². The number of rotatable bonds is 4. The number of piperidine rings is 2. The van der Waals surface area contributed by atoms with E-state index in [9.17, 15) is 13.5 Å². The third-order valence-electron chi connectivity index (χ3n) is 4.45. The Balaban J connectivity index is 2.04. The SMILES string of the molecule is CCC1CCCN(S(=O)(=O)N2CCCC(CO)C2)C1. The van der Waals surface area contributed by atoms with Gasteiger partial charge in [0.2, 0.25) is 0 Å². The summed E-state index contributed by atoms with van der Waals surface area (Å²) >= 11 is 0. The Labute approximate surface area is 116 Å². The van der Waals surface area contributed by atoms with Crippen molar-refractivity contribution >= 4 is 10.2 Å². The lowest BCUT2D eigenvalue weighted by Crippen LogP contribution is -2.51. The maximum atomic E-state index is 12.6. The summed E-state index contributed by atoms with van der Waals surface area (Å²) in [5.41, 5.74) is 0. The molecule has 2 aliphatic heterocycles. The minimum absolute atomic E-state index is 0.0869. The average molecular weight is 290 g/mol. The molecule has 0 amide bonds. The Kier molecular flexibility index (Phi) is 5.22. The second kappa shape index (κ2) is 6.52. The molecule has 2 saturated heterocycles. The summed E-state index contributed by atoms with van der Waals surface area (Å²) in [6, 6.07) is 0. The van der Waals surface area contributed by atoms with Crippen LogP contribution in [0.3, 0.4) is 0 Å². The molecule has 0 bridgehead atoms. The highest BCUT2D eigenvalue weighted by Crippen LogP contribution is 2.26. The van der Waals surface area contributed by atoms with Gasteiger partial charge in [-0.15, -0.1) is 0 Å². The molecule has 112 valence electrons. The maximum Gasteiger partial charge on any atom is 0.281 e. The first-order valence-corrected chi connectivity index (χ1v) is 8.83. The zero-order chi connectivity index (χ0) is 13.9. The fraction of sp³-hybridized carbons (Fsp3) is 1.00. The van der Waals surface area contributed by atoms with Crippen molar-refractivity contribution in [2.75, 3.05) is 32.8 Å². The molecular formula is C13H26N2O3S. The summed E-state index contributed by atoms with van der Waals surface area (Å²) in [6.45, 7) is 4.61. The van der Waals surface area contributed by atoms with Crippen molar-refractivity contribution in [1.29, 1.82) is 0 Å². The summed E-state index contributed by atoms with van der Waals surface area (Å²) in [6.07, 6.45) is 4.94. The van der Waals surface area contributed by atoms with E-state index >= 15 is 0 Å². The Hall–Kier alpha value is -0.170. The van der Waals surface area contributed by atoms with Crippen molar-refractivity contribution in [3.8, 4) is 0 Å². The van der Waals surface area contributed by atoms with Crippen molar-refractivity contribution in [2.24, 2.45) is 11.8 Å². The van der Waals surface area contributed by atoms with E-state index in [1.165, 1.54) is 0 Å². The van der Waals surface area contributed by atoms with E-state index in [1.54, 1.807) is 8.61 Å². The molecule has 0 radical (unpaired) electrons. The van der Waals surface area contributed by atoms with Gasteiger partial charge in [-0.3, -0.25) is 0 Å². The normalized spacial score (nSPS) is 31.5. The van der Waals surface area contributed by atoms with E-state index in [2.05, 4.69) is 6.92 Å². The zero-order valence-corrected chi connectivity index (χ0v) is 12.6. The Morgan fingerprint density at radius 1 is 1.05 bits per heavy atom. The molecule has 6 heteroatoms. The van der Waals surface area contributed by atoms with Crippen molar-refractivity contribution < 1.29 is 13.5 Å². The van der Waals surface area contributed by atoms with Crippen LogP contribution in [0.2, 0.25) is 0 Å². The molecule has 2 heterocycles. The summed E-state index contributed by atoms with van der Waals surface area (Å²) in [5.74, 6) is 0.609. The van der Waals surface area contributed by atoms with Crippen molar-refractivity contribution in [2.45, 2.75) is 39.0 Å². The van der Waals surface area contributed by atoms with Gasteiger partial charge in [0, 0.05) is 32.8 Å². The van der Waals surface area contributed by atoms with Crippen LogP contribution < -0.4 is 0 Å². The molecule has 1 N–H and O–H groups in total. The fourth-order valence-electron chi connectivity index (χ4n) is 3.12. The smallest absolute Gasteiger partial charge is 0.281 e. The van der Waals surface area contributed by atoms with Gasteiger partial charge in [0.15, 0.2) is 0 Å². The second-order valence-electron chi connectivity index (χ2n) is 5.83. The van der Waals surface area contributed by atoms with Gasteiger partial charge in [0.1, 0.15) is 0 Å². The molecular weight excluding hydrogens is 264 g/mol. The van der Waals surface area contributed by atoms with Crippen molar-refractivity contribution in [1.82, 2.24) is 8.61 Å². The molecule has 0 saturated carbocycles. The minimum atomic E-state index is -3.32. The first-order chi connectivity index (χ1) is 9.07. The lowest BCUT2D eigenvalue weighted by atomic mass is 9.97. The molecule has 2 atom stereocenters. The third kappa shape index (κ3) is 3.48. The van der Waals surface area contributed by atoms with E-state index < -0.39 is 10.2 Å². The van der Waals surface area contributed by atoms with Gasteiger partial charge >= 0.3 is 0 Å². The Bertz CT molecular complexity index is 355. The highest BCUT2D eigenvalue weighted by molar-refractivity contribution is 7.86. The van der Waals surface area contributed by atoms with Crippen LogP contribution in [0.1, 0.15) is 39.0 Å². The van der Waals surface area contributed by atoms with Crippen molar-refractivity contribution in [3.63, 3.8) is 0 Å². The van der Waals surface area contributed by atoms with Gasteiger partial charge in [-0.25, -0.2) is 0 Å². The summed E-state index contributed by atoms with van der Waals surface area (Å²) in [4.78, 5) is 0. The Morgan fingerprint density at radius 2 is 1.58 bits per heavy atom. The summed E-state index contributed by atoms with van der Waals surface area (Å²) in [7, 11) is -3.32. The van der Waals surface area contributed by atoms with E-state index in [0.717, 1.165) is 32.1 Å². The average Bonchev–Trinajstić information content (AvgIpc) is 2.47. The standard InChI is InChI=1S/C13H26N2O3S/c1-2-12-5-3-7-14(9-12)19(17,18)15-8-4-6-13(10-15)11-16/h12-13,16H,2-11H2,1H3. The lowest BCUT2D eigenvalue weighted by molar-refractivity contribution is 0.156. The number of hydrogen-bond acceptors (Lipinski definition) is 3. The predicted molar refractivity (Wildman–Crippen MR) is 74.9 cm³/mol. The first-order valence-electron chi connectivity index (χ1n) is 7.44. The molecule has 0 aliphatic carbocycles. The molecule has 2 fully saturated rings. The number of aliphatic hydroxyl groups is 1. The molecule has 19 heavy (non-hydrogen) atoms. The first kappa shape index (κ1) is 15.2. The topological polar surface area (TPSA) is 60.9 Å². The third-order valence-corrected chi connectivity index (χ3v) is 6.42. The second-order valence-corrected chi connectivity index (χ2v) is 7.76. The summed E-state index contributed by atoms with van der Waals surface area (Å²) < 4.78 is 28.5. The molecule has 0 aromatic heterocycles. The van der Waals surface area contributed by atoms with Crippen LogP contribution in [0.5, 0.6) is 0 Å². The minimum Gasteiger partial charge on any atom is -0.396 e. The van der Waals surface area contributed by atoms with Crippen LogP contribution in [-0.4, -0.2) is 54.9 Å². The van der Waals surface area contributed by atoms with Gasteiger partial charge in [-0.05, 0) is 37.5 Å². The van der Waals surface area contributed by atoms with Crippen LogP contribution in [0.4, 0.5) is 0 Å². The van der Waals surface area contributed by atoms with Crippen LogP contribution in [-0.2, 0) is 10.2 Å². The molecule has 2 aliphatic rings. The number of nitrogens with zero attached hydrogens (tertiary/aromatic N) is 2. The van der Waals surface area contributed by atoms with Gasteiger partial charge in [0.05, 0.1) is 0 Å². The fourth-order valence-corrected chi connectivity index (χ4v) is 4.96. The highest BCUT2D eigenvalue weighted by atomic mass is 32.2. The van der Waals surface area contributed by atoms with Gasteiger partial charge in [-0.2, -0.15) is 17.0 Å². The van der Waals surface area contributed by atoms with Crippen LogP contribution >= 0.6 is 0 Å². The van der Waals surface area contributed by atoms with Gasteiger partial charge in [0.25, 0.3) is 10.2 Å². The van der Waals surface area contributed by atoms with Crippen LogP contribution in [0.25, 0.3) is 0 Å². The van der Waals surface area contributed by atoms with Crippen LogP contribution in [0.15, 0.2) is 0 Å². The van der Waals surface area contributed by atoms with Gasteiger partial charge in [-0.1, -0.05) is 13.3 Å². The predicted octanol–water partition coefficient (Wildman–Crippen LogP) is 1.06. The van der Waals surface area contributed by atoms with E-state index in [4.69, 9.17) is 0 Å². The molecule has 2 rings (SSSR count). The number of hydrogen-bond donors (Lipinski definition) is 1. The van der Waals surface area contributed by atoms with Crippen LogP contribution in [0, 0.1) is 11.8 Å². The quantitative estimate of drug-likeness (QED) is 0.842. The highest BCUT2D eigenvalue weighted by Gasteiger charge is 2.35. The monoisotopic (exact) mass is 290 g/mol. The van der Waals surface area contributed by atoms with E-state index in [0.29, 0.717) is 32.1 Å². The van der Waals surface area contributed by atoms with E-state index in [-0.39, 0.29) is 12.5 Å². The van der Waals surface area contributed by atoms with Crippen molar-refractivity contribution in [3.05, 3.63) is 0 Å². The largest absolute Gasteiger partial charge is 0.396 e.